The summed E-state index contributed by atoms with van der Waals surface area (Å²) in [6.07, 6.45) is 6.95. The molecule has 0 spiro atoms. The molecule has 0 saturated heterocycles. The van der Waals surface area contributed by atoms with Gasteiger partial charge in [0.2, 0.25) is 0 Å². The molecule has 128 valence electrons. The molecule has 0 aromatic heterocycles. The Balaban J connectivity index is 1.90. The molecule has 2 aliphatic rings. The average molecular weight is 311 g/mol. The van der Waals surface area contributed by atoms with Crippen molar-refractivity contribution in [2.45, 2.75) is 63.5 Å². The Hall–Kier alpha value is -0.810. The number of aliphatic hydroxyl groups excluding tert-OH is 1. The maximum Gasteiger partial charge on any atom is 0.315 e. The van der Waals surface area contributed by atoms with Crippen LogP contribution in [0.15, 0.2) is 0 Å². The highest BCUT2D eigenvalue weighted by Crippen LogP contribution is 2.39. The molecule has 22 heavy (non-hydrogen) atoms. The van der Waals surface area contributed by atoms with Gasteiger partial charge in [-0.05, 0) is 58.5 Å². The second-order valence-electron chi connectivity index (χ2n) is 7.98. The zero-order valence-corrected chi connectivity index (χ0v) is 14.6. The number of rotatable bonds is 6. The molecule has 3 unspecified atom stereocenters. The Bertz CT molecular complexity index is 397. The number of nitrogens with zero attached hydrogens (tertiary/aromatic N) is 1. The lowest BCUT2D eigenvalue weighted by Gasteiger charge is -2.45. The summed E-state index contributed by atoms with van der Waals surface area (Å²) < 4.78 is 0. The molecule has 2 rings (SSSR count). The van der Waals surface area contributed by atoms with Crippen LogP contribution in [0.25, 0.3) is 0 Å². The molecule has 0 aromatic carbocycles. The molecule has 2 fully saturated rings. The first-order valence-electron chi connectivity index (χ1n) is 8.66. The van der Waals surface area contributed by atoms with E-state index in [1.54, 1.807) is 0 Å². The molecule has 0 aromatic rings. The van der Waals surface area contributed by atoms with Gasteiger partial charge in [0.05, 0.1) is 12.1 Å². The van der Waals surface area contributed by atoms with Crippen molar-refractivity contribution in [1.29, 1.82) is 0 Å². The van der Waals surface area contributed by atoms with Gasteiger partial charge in [-0.25, -0.2) is 4.79 Å². The number of nitrogens with one attached hydrogen (secondary N) is 2. The fourth-order valence-electron chi connectivity index (χ4n) is 3.90. The van der Waals surface area contributed by atoms with Crippen LogP contribution in [-0.4, -0.2) is 54.4 Å². The lowest BCUT2D eigenvalue weighted by molar-refractivity contribution is 0.0762. The topological polar surface area (TPSA) is 64.6 Å². The van der Waals surface area contributed by atoms with Crippen molar-refractivity contribution in [2.75, 3.05) is 27.2 Å². The number of amides is 2. The Morgan fingerprint density at radius 1 is 1.36 bits per heavy atom. The van der Waals surface area contributed by atoms with E-state index in [-0.39, 0.29) is 18.2 Å². The standard InChI is InChI=1S/C17H33N3O2/c1-13-6-5-9-17(10-13,20(3)4)11-18-15(22)19-16(2,12-21)14-7-8-14/h13-14,21H,5-12H2,1-4H3,(H2,18,19,22). The number of aliphatic hydroxyl groups is 1. The number of hydrogen-bond donors (Lipinski definition) is 3. The van der Waals surface area contributed by atoms with Gasteiger partial charge in [0.1, 0.15) is 0 Å². The molecule has 5 nitrogen and oxygen atoms in total. The third-order valence-electron chi connectivity index (χ3n) is 5.80. The quantitative estimate of drug-likeness (QED) is 0.702. The first kappa shape index (κ1) is 17.5. The zero-order chi connectivity index (χ0) is 16.4. The van der Waals surface area contributed by atoms with Crippen LogP contribution < -0.4 is 10.6 Å². The molecule has 3 N–H and O–H groups in total. The summed E-state index contributed by atoms with van der Waals surface area (Å²) in [6.45, 7) is 4.91. The van der Waals surface area contributed by atoms with Crippen LogP contribution in [0.4, 0.5) is 4.79 Å². The van der Waals surface area contributed by atoms with Crippen LogP contribution in [0.2, 0.25) is 0 Å². The predicted octanol–water partition coefficient (Wildman–Crippen LogP) is 1.96. The van der Waals surface area contributed by atoms with E-state index < -0.39 is 5.54 Å². The van der Waals surface area contributed by atoms with Gasteiger partial charge in [0, 0.05) is 12.1 Å². The highest BCUT2D eigenvalue weighted by atomic mass is 16.3. The number of carbonyl (C=O) groups excluding carboxylic acids is 1. The minimum atomic E-state index is -0.477. The van der Waals surface area contributed by atoms with E-state index in [0.717, 1.165) is 25.7 Å². The Morgan fingerprint density at radius 2 is 2.05 bits per heavy atom. The fourth-order valence-corrected chi connectivity index (χ4v) is 3.90. The summed E-state index contributed by atoms with van der Waals surface area (Å²) in [5.41, 5.74) is -0.417. The van der Waals surface area contributed by atoms with Crippen molar-refractivity contribution < 1.29 is 9.90 Å². The second-order valence-corrected chi connectivity index (χ2v) is 7.98. The minimum absolute atomic E-state index is 0.000937. The molecule has 5 heteroatoms. The number of likely N-dealkylation sites (N-methyl/N-ethyl adjacent to an activating group) is 1. The molecule has 2 saturated carbocycles. The summed E-state index contributed by atoms with van der Waals surface area (Å²) >= 11 is 0. The van der Waals surface area contributed by atoms with E-state index in [9.17, 15) is 9.90 Å². The third kappa shape index (κ3) is 3.93. The largest absolute Gasteiger partial charge is 0.394 e. The van der Waals surface area contributed by atoms with Gasteiger partial charge < -0.3 is 20.6 Å². The summed E-state index contributed by atoms with van der Waals surface area (Å²) in [4.78, 5) is 14.6. The molecule has 3 atom stereocenters. The van der Waals surface area contributed by atoms with Crippen LogP contribution in [0, 0.1) is 11.8 Å². The van der Waals surface area contributed by atoms with E-state index in [0.29, 0.717) is 18.4 Å². The zero-order valence-electron chi connectivity index (χ0n) is 14.6. The van der Waals surface area contributed by atoms with Gasteiger partial charge in [-0.1, -0.05) is 19.8 Å². The van der Waals surface area contributed by atoms with Crippen molar-refractivity contribution >= 4 is 6.03 Å². The minimum Gasteiger partial charge on any atom is -0.394 e. The van der Waals surface area contributed by atoms with Gasteiger partial charge in [0.25, 0.3) is 0 Å². The van der Waals surface area contributed by atoms with Gasteiger partial charge in [-0.15, -0.1) is 0 Å². The van der Waals surface area contributed by atoms with E-state index in [4.69, 9.17) is 0 Å². The smallest absolute Gasteiger partial charge is 0.315 e. The molecule has 0 bridgehead atoms. The molecule has 2 aliphatic carbocycles. The molecule has 0 aliphatic heterocycles. The number of urea groups is 1. The Labute approximate surface area is 134 Å². The highest BCUT2D eigenvalue weighted by Gasteiger charge is 2.43. The van der Waals surface area contributed by atoms with Crippen LogP contribution >= 0.6 is 0 Å². The van der Waals surface area contributed by atoms with Crippen molar-refractivity contribution in [3.63, 3.8) is 0 Å². The van der Waals surface area contributed by atoms with E-state index in [1.807, 2.05) is 6.92 Å². The summed E-state index contributed by atoms with van der Waals surface area (Å²) in [5.74, 6) is 1.12. The second kappa shape index (κ2) is 6.75. The average Bonchev–Trinajstić information content (AvgIpc) is 3.30. The van der Waals surface area contributed by atoms with Crippen molar-refractivity contribution in [3.05, 3.63) is 0 Å². The van der Waals surface area contributed by atoms with Crippen LogP contribution in [-0.2, 0) is 0 Å². The Morgan fingerprint density at radius 3 is 2.55 bits per heavy atom. The highest BCUT2D eigenvalue weighted by molar-refractivity contribution is 5.75. The van der Waals surface area contributed by atoms with Crippen molar-refractivity contribution in [2.24, 2.45) is 11.8 Å². The van der Waals surface area contributed by atoms with Gasteiger partial charge in [-0.3, -0.25) is 0 Å². The summed E-state index contributed by atoms with van der Waals surface area (Å²) in [6, 6.07) is -0.150. The normalized spacial score (nSPS) is 31.6. The summed E-state index contributed by atoms with van der Waals surface area (Å²) in [7, 11) is 4.22. The van der Waals surface area contributed by atoms with Crippen molar-refractivity contribution in [1.82, 2.24) is 15.5 Å². The number of hydrogen-bond acceptors (Lipinski definition) is 3. The van der Waals surface area contributed by atoms with E-state index >= 15 is 0 Å². The maximum absolute atomic E-state index is 12.3. The third-order valence-corrected chi connectivity index (χ3v) is 5.80. The SMILES string of the molecule is CC1CCCC(CNC(=O)NC(C)(CO)C2CC2)(N(C)C)C1. The van der Waals surface area contributed by atoms with Crippen LogP contribution in [0.1, 0.15) is 52.4 Å². The van der Waals surface area contributed by atoms with Crippen molar-refractivity contribution in [3.8, 4) is 0 Å². The molecular formula is C17H33N3O2. The van der Waals surface area contributed by atoms with Crippen LogP contribution in [0.3, 0.4) is 0 Å². The maximum atomic E-state index is 12.3. The molecular weight excluding hydrogens is 278 g/mol. The Kier molecular flexibility index (Phi) is 5.38. The lowest BCUT2D eigenvalue weighted by atomic mass is 9.75. The van der Waals surface area contributed by atoms with E-state index in [1.165, 1.54) is 12.8 Å². The first-order chi connectivity index (χ1) is 10.3. The lowest BCUT2D eigenvalue weighted by Crippen LogP contribution is -2.59. The summed E-state index contributed by atoms with van der Waals surface area (Å²) in [5, 5.41) is 15.6. The molecule has 0 heterocycles. The first-order valence-corrected chi connectivity index (χ1v) is 8.66. The molecule has 0 radical (unpaired) electrons. The van der Waals surface area contributed by atoms with Gasteiger partial charge >= 0.3 is 6.03 Å². The van der Waals surface area contributed by atoms with Crippen LogP contribution in [0.5, 0.6) is 0 Å². The molecule has 2 amide bonds. The van der Waals surface area contributed by atoms with Gasteiger partial charge in [0.15, 0.2) is 0 Å². The number of carbonyl (C=O) groups is 1. The predicted molar refractivity (Wildman–Crippen MR) is 88.8 cm³/mol. The monoisotopic (exact) mass is 311 g/mol. The van der Waals surface area contributed by atoms with E-state index in [2.05, 4.69) is 36.6 Å². The van der Waals surface area contributed by atoms with Gasteiger partial charge in [-0.2, -0.15) is 0 Å². The fraction of sp³-hybridized carbons (Fsp3) is 0.941.